The minimum absolute atomic E-state index is 0.285. The zero-order chi connectivity index (χ0) is 19.4. The van der Waals surface area contributed by atoms with Crippen LogP contribution in [0.25, 0.3) is 11.0 Å². The Morgan fingerprint density at radius 1 is 1.18 bits per heavy atom. The van der Waals surface area contributed by atoms with Gasteiger partial charge in [0.1, 0.15) is 12.2 Å². The molecule has 1 aliphatic rings. The van der Waals surface area contributed by atoms with Crippen LogP contribution in [0.5, 0.6) is 5.75 Å². The fourth-order valence-corrected chi connectivity index (χ4v) is 3.90. The first-order valence-corrected chi connectivity index (χ1v) is 9.74. The number of aromatic nitrogens is 2. The highest BCUT2D eigenvalue weighted by Crippen LogP contribution is 2.29. The molecule has 2 heterocycles. The summed E-state index contributed by atoms with van der Waals surface area (Å²) < 4.78 is 25.5. The van der Waals surface area contributed by atoms with Crippen LogP contribution in [-0.2, 0) is 11.3 Å². The molecule has 0 amide bonds. The molecule has 1 atom stereocenters. The van der Waals surface area contributed by atoms with Gasteiger partial charge in [0.25, 0.3) is 0 Å². The standard InChI is InChI=1S/C22H26FN3O2/c1-27-22(15-28-21-6-3-2-5-18(21)23)9-4-11-26(12-10-22)14-17-7-8-19-20(13-17)25-16-24-19/h2-3,5-8,13,16H,4,9-12,14-15H2,1H3,(H,24,25)/t22-/m0/s1. The predicted molar refractivity (Wildman–Crippen MR) is 107 cm³/mol. The first-order valence-electron chi connectivity index (χ1n) is 9.74. The third-order valence-corrected chi connectivity index (χ3v) is 5.64. The van der Waals surface area contributed by atoms with Crippen LogP contribution in [0.2, 0.25) is 0 Å². The van der Waals surface area contributed by atoms with E-state index in [9.17, 15) is 4.39 Å². The molecule has 6 heteroatoms. The van der Waals surface area contributed by atoms with Gasteiger partial charge in [0.05, 0.1) is 17.4 Å². The molecule has 1 aliphatic heterocycles. The van der Waals surface area contributed by atoms with E-state index in [0.717, 1.165) is 49.9 Å². The SMILES string of the molecule is CO[C@@]1(COc2ccccc2F)CCCN(Cc2ccc3nc[nH]c3c2)CC1. The normalized spacial score (nSPS) is 20.9. The number of fused-ring (bicyclic) bond motifs is 1. The van der Waals surface area contributed by atoms with Crippen LogP contribution in [0.1, 0.15) is 24.8 Å². The number of imidazole rings is 1. The molecular formula is C22H26FN3O2. The van der Waals surface area contributed by atoms with Crippen LogP contribution in [0, 0.1) is 5.82 Å². The highest BCUT2D eigenvalue weighted by Gasteiger charge is 2.34. The fraction of sp³-hybridized carbons (Fsp3) is 0.409. The molecular weight excluding hydrogens is 357 g/mol. The fourth-order valence-electron chi connectivity index (χ4n) is 3.90. The number of H-pyrrole nitrogens is 1. The van der Waals surface area contributed by atoms with Crippen molar-refractivity contribution >= 4 is 11.0 Å². The number of nitrogens with one attached hydrogen (secondary N) is 1. The predicted octanol–water partition coefficient (Wildman–Crippen LogP) is 4.15. The lowest BCUT2D eigenvalue weighted by atomic mass is 9.95. The number of hydrogen-bond acceptors (Lipinski definition) is 4. The van der Waals surface area contributed by atoms with E-state index in [2.05, 4.69) is 33.1 Å². The van der Waals surface area contributed by atoms with E-state index in [4.69, 9.17) is 9.47 Å². The van der Waals surface area contributed by atoms with Gasteiger partial charge in [-0.2, -0.15) is 0 Å². The van der Waals surface area contributed by atoms with Gasteiger partial charge in [-0.05, 0) is 55.6 Å². The topological polar surface area (TPSA) is 50.4 Å². The molecule has 1 fully saturated rings. The molecule has 0 spiro atoms. The van der Waals surface area contributed by atoms with Crippen LogP contribution in [-0.4, -0.2) is 47.3 Å². The van der Waals surface area contributed by atoms with E-state index in [-0.39, 0.29) is 17.2 Å². The Hall–Kier alpha value is -2.44. The molecule has 1 saturated heterocycles. The summed E-state index contributed by atoms with van der Waals surface area (Å²) >= 11 is 0. The molecule has 148 valence electrons. The van der Waals surface area contributed by atoms with E-state index < -0.39 is 0 Å². The van der Waals surface area contributed by atoms with Gasteiger partial charge in [0.2, 0.25) is 0 Å². The van der Waals surface area contributed by atoms with Crippen LogP contribution in [0.3, 0.4) is 0 Å². The van der Waals surface area contributed by atoms with Crippen molar-refractivity contribution in [1.29, 1.82) is 0 Å². The lowest BCUT2D eigenvalue weighted by Gasteiger charge is -2.31. The lowest BCUT2D eigenvalue weighted by Crippen LogP contribution is -2.39. The minimum Gasteiger partial charge on any atom is -0.488 e. The molecule has 4 rings (SSSR count). The third-order valence-electron chi connectivity index (χ3n) is 5.64. The molecule has 28 heavy (non-hydrogen) atoms. The Balaban J connectivity index is 1.39. The zero-order valence-corrected chi connectivity index (χ0v) is 16.2. The molecule has 1 aromatic heterocycles. The summed E-state index contributed by atoms with van der Waals surface area (Å²) in [5.74, 6) is -0.0499. The molecule has 0 saturated carbocycles. The minimum atomic E-state index is -0.385. The number of para-hydroxylation sites is 1. The number of hydrogen-bond donors (Lipinski definition) is 1. The quantitative estimate of drug-likeness (QED) is 0.695. The van der Waals surface area contributed by atoms with Crippen molar-refractivity contribution in [1.82, 2.24) is 14.9 Å². The van der Waals surface area contributed by atoms with Crippen molar-refractivity contribution in [3.63, 3.8) is 0 Å². The number of rotatable bonds is 6. The van der Waals surface area contributed by atoms with Gasteiger partial charge >= 0.3 is 0 Å². The maximum absolute atomic E-state index is 13.9. The molecule has 1 N–H and O–H groups in total. The summed E-state index contributed by atoms with van der Waals surface area (Å²) in [6, 6.07) is 12.9. The maximum atomic E-state index is 13.9. The second-order valence-corrected chi connectivity index (χ2v) is 7.49. The van der Waals surface area contributed by atoms with E-state index in [1.807, 2.05) is 0 Å². The van der Waals surface area contributed by atoms with Crippen LogP contribution in [0.4, 0.5) is 4.39 Å². The van der Waals surface area contributed by atoms with Crippen molar-refractivity contribution in [2.24, 2.45) is 0 Å². The summed E-state index contributed by atoms with van der Waals surface area (Å²) in [6.07, 6.45) is 4.49. The first kappa shape index (κ1) is 18.9. The number of nitrogens with zero attached hydrogens (tertiary/aromatic N) is 2. The average molecular weight is 383 g/mol. The second-order valence-electron chi connectivity index (χ2n) is 7.49. The van der Waals surface area contributed by atoms with Gasteiger partial charge in [0.15, 0.2) is 11.6 Å². The van der Waals surface area contributed by atoms with Crippen molar-refractivity contribution in [3.05, 3.63) is 60.2 Å². The first-order chi connectivity index (χ1) is 13.7. The third kappa shape index (κ3) is 4.18. The van der Waals surface area contributed by atoms with Crippen molar-refractivity contribution in [2.75, 3.05) is 26.8 Å². The number of ether oxygens (including phenoxy) is 2. The molecule has 3 aromatic rings. The van der Waals surface area contributed by atoms with Gasteiger partial charge in [-0.1, -0.05) is 18.2 Å². The molecule has 5 nitrogen and oxygen atoms in total. The summed E-state index contributed by atoms with van der Waals surface area (Å²) in [5.41, 5.74) is 2.94. The summed E-state index contributed by atoms with van der Waals surface area (Å²) in [7, 11) is 1.73. The van der Waals surface area contributed by atoms with Gasteiger partial charge in [0, 0.05) is 20.2 Å². The van der Waals surface area contributed by atoms with Crippen LogP contribution in [0.15, 0.2) is 48.8 Å². The number of halogens is 1. The highest BCUT2D eigenvalue weighted by atomic mass is 19.1. The Morgan fingerprint density at radius 3 is 2.93 bits per heavy atom. The Morgan fingerprint density at radius 2 is 2.07 bits per heavy atom. The molecule has 0 bridgehead atoms. The second kappa shape index (κ2) is 8.29. The Labute approximate surface area is 164 Å². The zero-order valence-electron chi connectivity index (χ0n) is 16.2. The number of likely N-dealkylation sites (tertiary alicyclic amines) is 1. The maximum Gasteiger partial charge on any atom is 0.165 e. The average Bonchev–Trinajstić information content (AvgIpc) is 3.09. The summed E-state index contributed by atoms with van der Waals surface area (Å²) in [4.78, 5) is 9.89. The van der Waals surface area contributed by atoms with Crippen molar-refractivity contribution < 1.29 is 13.9 Å². The molecule has 0 aliphatic carbocycles. The van der Waals surface area contributed by atoms with Crippen LogP contribution >= 0.6 is 0 Å². The largest absolute Gasteiger partial charge is 0.488 e. The summed E-state index contributed by atoms with van der Waals surface area (Å²) in [6.45, 7) is 3.17. The van der Waals surface area contributed by atoms with Gasteiger partial charge in [-0.15, -0.1) is 0 Å². The molecule has 0 unspecified atom stereocenters. The smallest absolute Gasteiger partial charge is 0.165 e. The van der Waals surface area contributed by atoms with E-state index >= 15 is 0 Å². The van der Waals surface area contributed by atoms with Crippen molar-refractivity contribution in [3.8, 4) is 5.75 Å². The van der Waals surface area contributed by atoms with E-state index in [1.165, 1.54) is 11.6 Å². The monoisotopic (exact) mass is 383 g/mol. The van der Waals surface area contributed by atoms with Crippen LogP contribution < -0.4 is 4.74 Å². The van der Waals surface area contributed by atoms with Crippen molar-refractivity contribution in [2.45, 2.75) is 31.4 Å². The summed E-state index contributed by atoms with van der Waals surface area (Å²) in [5, 5.41) is 0. The van der Waals surface area contributed by atoms with E-state index in [1.54, 1.807) is 31.6 Å². The van der Waals surface area contributed by atoms with E-state index in [0.29, 0.717) is 6.61 Å². The number of aromatic amines is 1. The Kier molecular flexibility index (Phi) is 5.59. The van der Waals surface area contributed by atoms with Gasteiger partial charge in [-0.25, -0.2) is 9.37 Å². The number of methoxy groups -OCH3 is 1. The van der Waals surface area contributed by atoms with Gasteiger partial charge in [-0.3, -0.25) is 4.90 Å². The Bertz CT molecular complexity index is 929. The highest BCUT2D eigenvalue weighted by molar-refractivity contribution is 5.74. The van der Waals surface area contributed by atoms with Gasteiger partial charge < -0.3 is 14.5 Å². The number of benzene rings is 2. The lowest BCUT2D eigenvalue weighted by molar-refractivity contribution is -0.0548. The molecule has 2 aromatic carbocycles. The molecule has 0 radical (unpaired) electrons.